The van der Waals surface area contributed by atoms with Crippen LogP contribution in [-0.2, 0) is 11.3 Å². The van der Waals surface area contributed by atoms with Crippen molar-refractivity contribution < 1.29 is 14.3 Å². The summed E-state index contributed by atoms with van der Waals surface area (Å²) in [7, 11) is 0. The molecule has 10 heteroatoms. The molecule has 1 amide bonds. The van der Waals surface area contributed by atoms with Crippen molar-refractivity contribution in [3.63, 3.8) is 0 Å². The van der Waals surface area contributed by atoms with E-state index in [-0.39, 0.29) is 30.8 Å². The van der Waals surface area contributed by atoms with E-state index in [0.29, 0.717) is 11.0 Å². The number of hydrogen-bond donors (Lipinski definition) is 2. The van der Waals surface area contributed by atoms with Gasteiger partial charge >= 0.3 is 6.09 Å². The number of aromatic nitrogens is 5. The van der Waals surface area contributed by atoms with Crippen molar-refractivity contribution in [2.45, 2.75) is 13.5 Å². The molecule has 24 heavy (non-hydrogen) atoms. The van der Waals surface area contributed by atoms with Gasteiger partial charge in [0.15, 0.2) is 5.82 Å². The summed E-state index contributed by atoms with van der Waals surface area (Å²) in [5.41, 5.74) is 7.07. The zero-order valence-corrected chi connectivity index (χ0v) is 12.8. The van der Waals surface area contributed by atoms with E-state index in [2.05, 4.69) is 20.6 Å². The first-order valence-electron chi connectivity index (χ1n) is 7.18. The average Bonchev–Trinajstić information content (AvgIpc) is 3.10. The van der Waals surface area contributed by atoms with Crippen LogP contribution in [0.3, 0.4) is 0 Å². The lowest BCUT2D eigenvalue weighted by atomic mass is 10.3. The fourth-order valence-electron chi connectivity index (χ4n) is 2.22. The molecule has 3 rings (SSSR count). The van der Waals surface area contributed by atoms with Crippen LogP contribution in [0.1, 0.15) is 11.7 Å². The molecule has 10 nitrogen and oxygen atoms in total. The molecule has 0 fully saturated rings. The van der Waals surface area contributed by atoms with E-state index in [1.165, 1.54) is 15.4 Å². The summed E-state index contributed by atoms with van der Waals surface area (Å²) in [4.78, 5) is 27.9. The Balaban J connectivity index is 1.76. The maximum Gasteiger partial charge on any atom is 0.412 e. The molecule has 3 N–H and O–H groups in total. The van der Waals surface area contributed by atoms with Gasteiger partial charge in [0.25, 0.3) is 5.91 Å². The summed E-state index contributed by atoms with van der Waals surface area (Å²) >= 11 is 0. The predicted octanol–water partition coefficient (Wildman–Crippen LogP) is 1.12. The highest BCUT2D eigenvalue weighted by Crippen LogP contribution is 2.17. The van der Waals surface area contributed by atoms with Gasteiger partial charge in [-0.1, -0.05) is 17.3 Å². The summed E-state index contributed by atoms with van der Waals surface area (Å²) in [5.74, 6) is -0.0373. The minimum absolute atomic E-state index is 0.103. The van der Waals surface area contributed by atoms with Crippen LogP contribution in [0.5, 0.6) is 0 Å². The van der Waals surface area contributed by atoms with Crippen molar-refractivity contribution in [1.29, 1.82) is 0 Å². The Morgan fingerprint density at radius 1 is 1.33 bits per heavy atom. The third-order valence-electron chi connectivity index (χ3n) is 3.18. The summed E-state index contributed by atoms with van der Waals surface area (Å²) < 4.78 is 7.34. The summed E-state index contributed by atoms with van der Waals surface area (Å²) in [5, 5.41) is 9.94. The number of para-hydroxylation sites is 2. The minimum atomic E-state index is -0.638. The number of nitrogens with two attached hydrogens (primary N) is 1. The highest BCUT2D eigenvalue weighted by atomic mass is 16.5. The number of imidazole rings is 1. The molecule has 0 spiro atoms. The Hall–Kier alpha value is -3.43. The molecule has 0 aliphatic rings. The number of nitrogens with one attached hydrogen (secondary N) is 1. The maximum atomic E-state index is 12.5. The van der Waals surface area contributed by atoms with E-state index in [0.717, 1.165) is 0 Å². The van der Waals surface area contributed by atoms with Gasteiger partial charge in [0.2, 0.25) is 5.95 Å². The molecule has 0 saturated heterocycles. The number of rotatable bonds is 4. The van der Waals surface area contributed by atoms with E-state index >= 15 is 0 Å². The van der Waals surface area contributed by atoms with Crippen LogP contribution < -0.4 is 11.1 Å². The topological polar surface area (TPSA) is 130 Å². The number of amides is 1. The maximum absolute atomic E-state index is 12.5. The molecule has 0 unspecified atom stereocenters. The molecule has 0 saturated carbocycles. The van der Waals surface area contributed by atoms with Gasteiger partial charge in [-0.25, -0.2) is 19.0 Å². The molecule has 3 aromatic rings. The molecule has 0 radical (unpaired) electrons. The van der Waals surface area contributed by atoms with Crippen molar-refractivity contribution >= 4 is 34.8 Å². The van der Waals surface area contributed by atoms with Crippen molar-refractivity contribution in [1.82, 2.24) is 24.5 Å². The van der Waals surface area contributed by atoms with Gasteiger partial charge in [-0.05, 0) is 19.1 Å². The minimum Gasteiger partial charge on any atom is -0.450 e. The second kappa shape index (κ2) is 6.36. The van der Waals surface area contributed by atoms with Gasteiger partial charge in [-0.15, -0.1) is 5.10 Å². The van der Waals surface area contributed by atoms with E-state index in [1.807, 2.05) is 6.07 Å². The number of carbonyl (C=O) groups is 2. The Labute approximate surface area is 136 Å². The van der Waals surface area contributed by atoms with Gasteiger partial charge in [-0.2, -0.15) is 0 Å². The van der Waals surface area contributed by atoms with Crippen molar-refractivity contribution in [3.05, 3.63) is 30.5 Å². The zero-order valence-electron chi connectivity index (χ0n) is 12.8. The van der Waals surface area contributed by atoms with E-state index in [4.69, 9.17) is 10.5 Å². The van der Waals surface area contributed by atoms with Crippen LogP contribution in [0.4, 0.5) is 16.6 Å². The number of fused-ring (bicyclic) bond motifs is 1. The van der Waals surface area contributed by atoms with Gasteiger partial charge in [0, 0.05) is 0 Å². The number of benzene rings is 1. The quantitative estimate of drug-likeness (QED) is 0.733. The number of ether oxygens (including phenoxy) is 1. The monoisotopic (exact) mass is 329 g/mol. The lowest BCUT2D eigenvalue weighted by Crippen LogP contribution is -2.20. The van der Waals surface area contributed by atoms with Crippen molar-refractivity contribution in [3.8, 4) is 0 Å². The van der Waals surface area contributed by atoms with Gasteiger partial charge in [0.05, 0.1) is 23.8 Å². The van der Waals surface area contributed by atoms with Gasteiger partial charge < -0.3 is 10.5 Å². The molecule has 2 aromatic heterocycles. The molecule has 0 aliphatic carbocycles. The van der Waals surface area contributed by atoms with Crippen LogP contribution >= 0.6 is 0 Å². The first-order chi connectivity index (χ1) is 11.6. The SMILES string of the molecule is CCOC(=O)Nc1cn(CC(=O)n2c(N)nc3ccccc32)nn1. The number of carbonyl (C=O) groups excluding carboxylic acids is 2. The zero-order chi connectivity index (χ0) is 17.1. The Morgan fingerprint density at radius 2 is 2.12 bits per heavy atom. The fraction of sp³-hybridized carbons (Fsp3) is 0.214. The van der Waals surface area contributed by atoms with Crippen molar-refractivity contribution in [2.75, 3.05) is 17.7 Å². The lowest BCUT2D eigenvalue weighted by molar-refractivity contribution is 0.0893. The number of nitrogens with zero attached hydrogens (tertiary/aromatic N) is 5. The van der Waals surface area contributed by atoms with Crippen LogP contribution in [-0.4, -0.2) is 43.2 Å². The first-order valence-corrected chi connectivity index (χ1v) is 7.18. The van der Waals surface area contributed by atoms with Crippen LogP contribution in [0.2, 0.25) is 0 Å². The largest absolute Gasteiger partial charge is 0.450 e. The van der Waals surface area contributed by atoms with E-state index in [1.54, 1.807) is 25.1 Å². The molecule has 0 atom stereocenters. The molecule has 124 valence electrons. The number of hydrogen-bond acceptors (Lipinski definition) is 7. The molecular formula is C14H15N7O3. The lowest BCUT2D eigenvalue weighted by Gasteiger charge is -2.04. The van der Waals surface area contributed by atoms with Crippen molar-refractivity contribution in [2.24, 2.45) is 0 Å². The summed E-state index contributed by atoms with van der Waals surface area (Å²) in [6.45, 7) is 1.82. The van der Waals surface area contributed by atoms with Crippen LogP contribution in [0.25, 0.3) is 11.0 Å². The Kier molecular flexibility index (Phi) is 4.10. The third-order valence-corrected chi connectivity index (χ3v) is 3.18. The Bertz CT molecular complexity index is 899. The highest BCUT2D eigenvalue weighted by Gasteiger charge is 2.16. The number of anilines is 2. The van der Waals surface area contributed by atoms with Gasteiger partial charge in [0.1, 0.15) is 6.54 Å². The first kappa shape index (κ1) is 15.5. The normalized spacial score (nSPS) is 10.7. The highest BCUT2D eigenvalue weighted by molar-refractivity contribution is 5.93. The predicted molar refractivity (Wildman–Crippen MR) is 85.4 cm³/mol. The second-order valence-electron chi connectivity index (χ2n) is 4.83. The summed E-state index contributed by atoms with van der Waals surface area (Å²) in [6, 6.07) is 7.14. The number of nitrogen functional groups attached to an aromatic ring is 1. The molecular weight excluding hydrogens is 314 g/mol. The smallest absolute Gasteiger partial charge is 0.412 e. The van der Waals surface area contributed by atoms with E-state index < -0.39 is 6.09 Å². The molecule has 2 heterocycles. The summed E-state index contributed by atoms with van der Waals surface area (Å²) in [6.07, 6.45) is 0.783. The molecule has 0 aliphatic heterocycles. The standard InChI is InChI=1S/C14H15N7O3/c1-2-24-14(23)17-11-7-20(19-18-11)8-12(22)21-10-6-4-3-5-9(10)16-13(21)15/h3-7H,2,8H2,1H3,(H2,15,16)(H,17,23). The third kappa shape index (κ3) is 3.02. The molecule has 1 aromatic carbocycles. The van der Waals surface area contributed by atoms with E-state index in [9.17, 15) is 9.59 Å². The van der Waals surface area contributed by atoms with Crippen LogP contribution in [0, 0.1) is 0 Å². The molecule has 0 bridgehead atoms. The fourth-order valence-corrected chi connectivity index (χ4v) is 2.22. The second-order valence-corrected chi connectivity index (χ2v) is 4.83. The van der Waals surface area contributed by atoms with Crippen LogP contribution in [0.15, 0.2) is 30.5 Å². The average molecular weight is 329 g/mol. The van der Waals surface area contributed by atoms with Gasteiger partial charge in [-0.3, -0.25) is 10.1 Å². The Morgan fingerprint density at radius 3 is 2.92 bits per heavy atom.